The highest BCUT2D eigenvalue weighted by Gasteiger charge is 2.32. The van der Waals surface area contributed by atoms with Gasteiger partial charge in [0, 0.05) is 12.6 Å². The summed E-state index contributed by atoms with van der Waals surface area (Å²) in [6.07, 6.45) is -0.349. The van der Waals surface area contributed by atoms with Gasteiger partial charge < -0.3 is 10.6 Å². The van der Waals surface area contributed by atoms with E-state index in [0.717, 1.165) is 31.8 Å². The van der Waals surface area contributed by atoms with Crippen molar-refractivity contribution in [2.75, 3.05) is 18.4 Å². The molecule has 1 fully saturated rings. The summed E-state index contributed by atoms with van der Waals surface area (Å²) < 4.78 is 36.9. The minimum atomic E-state index is -4.44. The first kappa shape index (κ1) is 14.0. The second-order valence-electron chi connectivity index (χ2n) is 4.95. The lowest BCUT2D eigenvalue weighted by molar-refractivity contribution is -0.141. The Bertz CT molecular complexity index is 404. The number of anilines is 1. The predicted molar refractivity (Wildman–Crippen MR) is 65.7 cm³/mol. The van der Waals surface area contributed by atoms with Crippen molar-refractivity contribution in [1.82, 2.24) is 15.3 Å². The van der Waals surface area contributed by atoms with Crippen molar-refractivity contribution in [3.63, 3.8) is 0 Å². The number of nitrogens with one attached hydrogen (secondary N) is 2. The van der Waals surface area contributed by atoms with Gasteiger partial charge in [0.25, 0.3) is 0 Å². The van der Waals surface area contributed by atoms with Gasteiger partial charge in [0.15, 0.2) is 5.69 Å². The largest absolute Gasteiger partial charge is 0.434 e. The average molecular weight is 274 g/mol. The maximum Gasteiger partial charge on any atom is 0.434 e. The topological polar surface area (TPSA) is 49.8 Å². The van der Waals surface area contributed by atoms with Gasteiger partial charge in [-0.05, 0) is 25.3 Å². The molecule has 0 radical (unpaired) electrons. The SMILES string of the molecule is C[C@@H]1CCN[C@H](CNc2cnc(C(F)(F)F)cn2)C1. The smallest absolute Gasteiger partial charge is 0.367 e. The lowest BCUT2D eigenvalue weighted by Gasteiger charge is -2.28. The third-order valence-electron chi connectivity index (χ3n) is 3.23. The van der Waals surface area contributed by atoms with Crippen molar-refractivity contribution in [3.8, 4) is 0 Å². The monoisotopic (exact) mass is 274 g/mol. The van der Waals surface area contributed by atoms with E-state index < -0.39 is 11.9 Å². The normalized spacial score (nSPS) is 24.2. The van der Waals surface area contributed by atoms with Crippen LogP contribution < -0.4 is 10.6 Å². The summed E-state index contributed by atoms with van der Waals surface area (Å²) >= 11 is 0. The van der Waals surface area contributed by atoms with Gasteiger partial charge in [-0.25, -0.2) is 9.97 Å². The average Bonchev–Trinajstić information content (AvgIpc) is 2.36. The molecule has 0 saturated carbocycles. The molecule has 7 heteroatoms. The predicted octanol–water partition coefficient (Wildman–Crippen LogP) is 2.30. The second-order valence-corrected chi connectivity index (χ2v) is 4.95. The summed E-state index contributed by atoms with van der Waals surface area (Å²) in [5, 5.41) is 6.37. The van der Waals surface area contributed by atoms with E-state index in [0.29, 0.717) is 24.3 Å². The highest BCUT2D eigenvalue weighted by atomic mass is 19.4. The molecule has 2 heterocycles. The molecule has 19 heavy (non-hydrogen) atoms. The van der Waals surface area contributed by atoms with Crippen LogP contribution in [0, 0.1) is 5.92 Å². The molecule has 2 rings (SSSR count). The van der Waals surface area contributed by atoms with Crippen LogP contribution in [0.5, 0.6) is 0 Å². The van der Waals surface area contributed by atoms with Crippen LogP contribution in [0.25, 0.3) is 0 Å². The fourth-order valence-electron chi connectivity index (χ4n) is 2.17. The molecule has 4 nitrogen and oxygen atoms in total. The number of piperidine rings is 1. The zero-order valence-corrected chi connectivity index (χ0v) is 10.7. The van der Waals surface area contributed by atoms with E-state index in [9.17, 15) is 13.2 Å². The van der Waals surface area contributed by atoms with E-state index in [1.54, 1.807) is 0 Å². The number of hydrogen-bond acceptors (Lipinski definition) is 4. The second kappa shape index (κ2) is 5.73. The highest BCUT2D eigenvalue weighted by Crippen LogP contribution is 2.26. The zero-order valence-electron chi connectivity index (χ0n) is 10.7. The number of alkyl halides is 3. The van der Waals surface area contributed by atoms with Gasteiger partial charge in [0.2, 0.25) is 0 Å². The molecule has 0 spiro atoms. The van der Waals surface area contributed by atoms with Gasteiger partial charge >= 0.3 is 6.18 Å². The van der Waals surface area contributed by atoms with Gasteiger partial charge in [-0.2, -0.15) is 13.2 Å². The van der Waals surface area contributed by atoms with Crippen LogP contribution in [0.4, 0.5) is 19.0 Å². The van der Waals surface area contributed by atoms with Crippen molar-refractivity contribution in [1.29, 1.82) is 0 Å². The summed E-state index contributed by atoms with van der Waals surface area (Å²) in [5.74, 6) is 1.04. The van der Waals surface area contributed by atoms with Gasteiger partial charge in [0.1, 0.15) is 5.82 Å². The van der Waals surface area contributed by atoms with Gasteiger partial charge in [-0.1, -0.05) is 6.92 Å². The number of halogens is 3. The molecule has 2 N–H and O–H groups in total. The third kappa shape index (κ3) is 4.05. The molecule has 0 aliphatic carbocycles. The molecule has 1 aliphatic rings. The Morgan fingerprint density at radius 3 is 2.74 bits per heavy atom. The Labute approximate surface area is 109 Å². The van der Waals surface area contributed by atoms with Crippen LogP contribution in [-0.4, -0.2) is 29.1 Å². The van der Waals surface area contributed by atoms with Gasteiger partial charge in [-0.15, -0.1) is 0 Å². The Balaban J connectivity index is 1.86. The Hall–Kier alpha value is -1.37. The maximum atomic E-state index is 12.3. The summed E-state index contributed by atoms with van der Waals surface area (Å²) in [5.41, 5.74) is -0.970. The number of rotatable bonds is 3. The molecule has 106 valence electrons. The van der Waals surface area contributed by atoms with E-state index in [4.69, 9.17) is 0 Å². The zero-order chi connectivity index (χ0) is 13.9. The molecular weight excluding hydrogens is 257 g/mol. The van der Waals surface area contributed by atoms with E-state index in [-0.39, 0.29) is 0 Å². The van der Waals surface area contributed by atoms with Crippen molar-refractivity contribution < 1.29 is 13.2 Å². The molecule has 1 aliphatic heterocycles. The molecule has 1 aromatic rings. The minimum absolute atomic E-state index is 0.327. The lowest BCUT2D eigenvalue weighted by Crippen LogP contribution is -2.41. The van der Waals surface area contributed by atoms with E-state index in [2.05, 4.69) is 27.5 Å². The van der Waals surface area contributed by atoms with E-state index in [1.807, 2.05) is 0 Å². The molecule has 0 amide bonds. The summed E-state index contributed by atoms with van der Waals surface area (Å²) in [6, 6.07) is 0.327. The number of nitrogens with zero attached hydrogens (tertiary/aromatic N) is 2. The number of hydrogen-bond donors (Lipinski definition) is 2. The lowest BCUT2D eigenvalue weighted by atomic mass is 9.94. The fourth-order valence-corrected chi connectivity index (χ4v) is 2.17. The molecule has 0 unspecified atom stereocenters. The Morgan fingerprint density at radius 2 is 2.16 bits per heavy atom. The molecule has 1 saturated heterocycles. The summed E-state index contributed by atoms with van der Waals surface area (Å²) in [7, 11) is 0. The first-order chi connectivity index (χ1) is 8.95. The standard InChI is InChI=1S/C12H17F3N4/c1-8-2-3-16-9(4-8)5-18-11-7-17-10(6-19-11)12(13,14)15/h6-9,16H,2-5H2,1H3,(H,18,19)/t8-,9+/m1/s1. The molecular formula is C12H17F3N4. The summed E-state index contributed by atoms with van der Waals surface area (Å²) in [6.45, 7) is 3.82. The molecule has 0 aromatic carbocycles. The van der Waals surface area contributed by atoms with Crippen LogP contribution in [-0.2, 0) is 6.18 Å². The summed E-state index contributed by atoms with van der Waals surface area (Å²) in [4.78, 5) is 7.09. The molecule has 1 aromatic heterocycles. The highest BCUT2D eigenvalue weighted by molar-refractivity contribution is 5.31. The maximum absolute atomic E-state index is 12.3. The Kier molecular flexibility index (Phi) is 4.24. The van der Waals surface area contributed by atoms with E-state index >= 15 is 0 Å². The number of aromatic nitrogens is 2. The first-order valence-corrected chi connectivity index (χ1v) is 6.31. The van der Waals surface area contributed by atoms with Crippen LogP contribution in [0.3, 0.4) is 0 Å². The van der Waals surface area contributed by atoms with Gasteiger partial charge in [0.05, 0.1) is 12.4 Å². The molecule has 0 bridgehead atoms. The van der Waals surface area contributed by atoms with Crippen molar-refractivity contribution >= 4 is 5.82 Å². The van der Waals surface area contributed by atoms with Crippen LogP contribution in [0.1, 0.15) is 25.5 Å². The van der Waals surface area contributed by atoms with Crippen LogP contribution in [0.2, 0.25) is 0 Å². The van der Waals surface area contributed by atoms with Crippen molar-refractivity contribution in [3.05, 3.63) is 18.1 Å². The van der Waals surface area contributed by atoms with E-state index in [1.165, 1.54) is 0 Å². The third-order valence-corrected chi connectivity index (χ3v) is 3.23. The first-order valence-electron chi connectivity index (χ1n) is 6.31. The fraction of sp³-hybridized carbons (Fsp3) is 0.667. The molecule has 2 atom stereocenters. The quantitative estimate of drug-likeness (QED) is 0.888. The van der Waals surface area contributed by atoms with Gasteiger partial charge in [-0.3, -0.25) is 0 Å². The van der Waals surface area contributed by atoms with Crippen LogP contribution in [0.15, 0.2) is 12.4 Å². The van der Waals surface area contributed by atoms with Crippen molar-refractivity contribution in [2.45, 2.75) is 32.0 Å². The van der Waals surface area contributed by atoms with Crippen molar-refractivity contribution in [2.24, 2.45) is 5.92 Å². The minimum Gasteiger partial charge on any atom is -0.367 e. The Morgan fingerprint density at radius 1 is 1.37 bits per heavy atom. The van der Waals surface area contributed by atoms with Crippen LogP contribution >= 0.6 is 0 Å².